The first-order valence-electron chi connectivity index (χ1n) is 4.04. The molecule has 1 rings (SSSR count). The lowest BCUT2D eigenvalue weighted by molar-refractivity contribution is 0.00291. The molecule has 1 heterocycles. The minimum atomic E-state index is 0.334. The first-order valence-corrected chi connectivity index (χ1v) is 4.04. The lowest BCUT2D eigenvalue weighted by atomic mass is 10.3. The summed E-state index contributed by atoms with van der Waals surface area (Å²) in [5.74, 6) is 0. The van der Waals surface area contributed by atoms with Crippen LogP contribution in [0.25, 0.3) is 0 Å². The second kappa shape index (κ2) is 4.66. The molecule has 0 aliphatic carbocycles. The van der Waals surface area contributed by atoms with Gasteiger partial charge in [-0.05, 0) is 7.05 Å². The Labute approximate surface area is 67.9 Å². The van der Waals surface area contributed by atoms with E-state index in [1.807, 2.05) is 19.1 Å². The summed E-state index contributed by atoms with van der Waals surface area (Å²) in [4.78, 5) is 0. The summed E-state index contributed by atoms with van der Waals surface area (Å²) in [6.45, 7) is 3.72. The average Bonchev–Trinajstić information content (AvgIpc) is 2.06. The maximum Gasteiger partial charge on any atom is 0.0840 e. The van der Waals surface area contributed by atoms with Crippen molar-refractivity contribution in [1.82, 2.24) is 15.8 Å². The molecule has 1 saturated heterocycles. The number of morpholine rings is 1. The first-order chi connectivity index (χ1) is 5.33. The monoisotopic (exact) mass is 159 g/mol. The van der Waals surface area contributed by atoms with E-state index in [-0.39, 0.29) is 0 Å². The molecule has 0 unspecified atom stereocenters. The molecule has 0 radical (unpaired) electrons. The van der Waals surface area contributed by atoms with Gasteiger partial charge in [0, 0.05) is 26.7 Å². The van der Waals surface area contributed by atoms with Crippen LogP contribution in [-0.4, -0.2) is 51.4 Å². The van der Waals surface area contributed by atoms with E-state index in [0.717, 1.165) is 26.2 Å². The van der Waals surface area contributed by atoms with Crippen molar-refractivity contribution >= 4 is 0 Å². The highest BCUT2D eigenvalue weighted by molar-refractivity contribution is 4.68. The zero-order valence-electron chi connectivity index (χ0n) is 7.26. The lowest BCUT2D eigenvalue weighted by Crippen LogP contribution is -2.47. The zero-order valence-corrected chi connectivity index (χ0v) is 7.26. The van der Waals surface area contributed by atoms with E-state index in [2.05, 4.69) is 10.7 Å². The van der Waals surface area contributed by atoms with Gasteiger partial charge >= 0.3 is 0 Å². The Morgan fingerprint density at radius 1 is 1.73 bits per heavy atom. The fourth-order valence-electron chi connectivity index (χ4n) is 1.13. The van der Waals surface area contributed by atoms with E-state index in [9.17, 15) is 0 Å². The number of nitrogens with one attached hydrogen (secondary N) is 2. The molecule has 1 atom stereocenters. The van der Waals surface area contributed by atoms with Crippen molar-refractivity contribution in [2.45, 2.75) is 6.10 Å². The normalized spacial score (nSPS) is 25.9. The SMILES string of the molecule is CNN(C)C[C@@H]1CNCCO1. The minimum Gasteiger partial charge on any atom is -0.374 e. The van der Waals surface area contributed by atoms with Gasteiger partial charge in [0.25, 0.3) is 0 Å². The third-order valence-electron chi connectivity index (χ3n) is 1.86. The first kappa shape index (κ1) is 8.93. The van der Waals surface area contributed by atoms with Gasteiger partial charge in [-0.2, -0.15) is 0 Å². The van der Waals surface area contributed by atoms with E-state index in [4.69, 9.17) is 4.74 Å². The molecule has 4 nitrogen and oxygen atoms in total. The van der Waals surface area contributed by atoms with Gasteiger partial charge in [0.15, 0.2) is 0 Å². The molecular weight excluding hydrogens is 142 g/mol. The number of hydrogen-bond donors (Lipinski definition) is 2. The van der Waals surface area contributed by atoms with E-state index in [0.29, 0.717) is 6.10 Å². The van der Waals surface area contributed by atoms with Crippen LogP contribution in [0.3, 0.4) is 0 Å². The summed E-state index contributed by atoms with van der Waals surface area (Å²) in [7, 11) is 3.92. The Morgan fingerprint density at radius 2 is 2.55 bits per heavy atom. The molecule has 4 heteroatoms. The molecular formula is C7H17N3O. The summed E-state index contributed by atoms with van der Waals surface area (Å²) in [5.41, 5.74) is 3.04. The summed E-state index contributed by atoms with van der Waals surface area (Å²) >= 11 is 0. The molecule has 66 valence electrons. The number of hydrogen-bond acceptors (Lipinski definition) is 4. The fourth-order valence-corrected chi connectivity index (χ4v) is 1.13. The van der Waals surface area contributed by atoms with Crippen molar-refractivity contribution < 1.29 is 4.74 Å². The Bertz CT molecular complexity index is 104. The second-order valence-corrected chi connectivity index (χ2v) is 2.80. The molecule has 0 bridgehead atoms. The van der Waals surface area contributed by atoms with Crippen molar-refractivity contribution in [3.05, 3.63) is 0 Å². The molecule has 1 aliphatic rings. The Balaban J connectivity index is 2.13. The van der Waals surface area contributed by atoms with Crippen LogP contribution in [0.15, 0.2) is 0 Å². The molecule has 2 N–H and O–H groups in total. The predicted molar refractivity (Wildman–Crippen MR) is 44.3 cm³/mol. The van der Waals surface area contributed by atoms with Crippen LogP contribution in [0.5, 0.6) is 0 Å². The van der Waals surface area contributed by atoms with Gasteiger partial charge in [0.1, 0.15) is 0 Å². The van der Waals surface area contributed by atoms with Crippen molar-refractivity contribution in [2.24, 2.45) is 0 Å². The summed E-state index contributed by atoms with van der Waals surface area (Å²) < 4.78 is 5.51. The molecule has 0 aromatic rings. The smallest absolute Gasteiger partial charge is 0.0840 e. The Morgan fingerprint density at radius 3 is 3.09 bits per heavy atom. The molecule has 1 aliphatic heterocycles. The summed E-state index contributed by atoms with van der Waals surface area (Å²) in [6, 6.07) is 0. The second-order valence-electron chi connectivity index (χ2n) is 2.80. The maximum atomic E-state index is 5.51. The third kappa shape index (κ3) is 3.16. The highest BCUT2D eigenvalue weighted by Gasteiger charge is 2.14. The molecule has 1 fully saturated rings. The van der Waals surface area contributed by atoms with Gasteiger partial charge in [-0.15, -0.1) is 0 Å². The molecule has 0 saturated carbocycles. The highest BCUT2D eigenvalue weighted by atomic mass is 16.5. The van der Waals surface area contributed by atoms with Crippen molar-refractivity contribution in [1.29, 1.82) is 0 Å². The highest BCUT2D eigenvalue weighted by Crippen LogP contribution is 1.95. The lowest BCUT2D eigenvalue weighted by Gasteiger charge is -2.27. The molecule has 0 spiro atoms. The Kier molecular flexibility index (Phi) is 3.79. The van der Waals surface area contributed by atoms with Crippen LogP contribution >= 0.6 is 0 Å². The van der Waals surface area contributed by atoms with Crippen LogP contribution in [0.2, 0.25) is 0 Å². The number of ether oxygens (including phenoxy) is 1. The van der Waals surface area contributed by atoms with Gasteiger partial charge in [0.2, 0.25) is 0 Å². The van der Waals surface area contributed by atoms with Gasteiger partial charge in [-0.3, -0.25) is 5.43 Å². The Hall–Kier alpha value is -0.160. The minimum absolute atomic E-state index is 0.334. The molecule has 11 heavy (non-hydrogen) atoms. The fraction of sp³-hybridized carbons (Fsp3) is 1.00. The van der Waals surface area contributed by atoms with Crippen LogP contribution in [0, 0.1) is 0 Å². The number of rotatable bonds is 3. The van der Waals surface area contributed by atoms with Crippen molar-refractivity contribution in [3.8, 4) is 0 Å². The average molecular weight is 159 g/mol. The maximum absolute atomic E-state index is 5.51. The van der Waals surface area contributed by atoms with Crippen LogP contribution in [0.4, 0.5) is 0 Å². The quantitative estimate of drug-likeness (QED) is 0.520. The topological polar surface area (TPSA) is 36.5 Å². The largest absolute Gasteiger partial charge is 0.374 e. The van der Waals surface area contributed by atoms with Crippen LogP contribution in [0.1, 0.15) is 0 Å². The van der Waals surface area contributed by atoms with Crippen LogP contribution in [-0.2, 0) is 4.74 Å². The standard InChI is InChI=1S/C7H17N3O/c1-8-10(2)6-7-5-9-3-4-11-7/h7-9H,3-6H2,1-2H3/t7-/m0/s1. The van der Waals surface area contributed by atoms with E-state index in [1.165, 1.54) is 0 Å². The summed E-state index contributed by atoms with van der Waals surface area (Å²) in [5, 5.41) is 5.31. The number of nitrogens with zero attached hydrogens (tertiary/aromatic N) is 1. The third-order valence-corrected chi connectivity index (χ3v) is 1.86. The van der Waals surface area contributed by atoms with Crippen molar-refractivity contribution in [2.75, 3.05) is 40.3 Å². The van der Waals surface area contributed by atoms with Gasteiger partial charge in [0.05, 0.1) is 12.7 Å². The zero-order chi connectivity index (χ0) is 8.10. The molecule has 0 amide bonds. The van der Waals surface area contributed by atoms with Gasteiger partial charge in [-0.1, -0.05) is 0 Å². The summed E-state index contributed by atoms with van der Waals surface area (Å²) in [6.07, 6.45) is 0.334. The van der Waals surface area contributed by atoms with E-state index in [1.54, 1.807) is 0 Å². The molecule has 0 aromatic carbocycles. The van der Waals surface area contributed by atoms with Gasteiger partial charge in [-0.25, -0.2) is 5.01 Å². The van der Waals surface area contributed by atoms with Crippen molar-refractivity contribution in [3.63, 3.8) is 0 Å². The van der Waals surface area contributed by atoms with E-state index < -0.39 is 0 Å². The predicted octanol–water partition coefficient (Wildman–Crippen LogP) is -0.959. The molecule has 0 aromatic heterocycles. The van der Waals surface area contributed by atoms with E-state index >= 15 is 0 Å². The van der Waals surface area contributed by atoms with Gasteiger partial charge < -0.3 is 10.1 Å². The number of hydrazine groups is 1. The van der Waals surface area contributed by atoms with Crippen LogP contribution < -0.4 is 10.7 Å². The number of likely N-dealkylation sites (N-methyl/N-ethyl adjacent to an activating group) is 1.